The quantitative estimate of drug-likeness (QED) is 0.545. The summed E-state index contributed by atoms with van der Waals surface area (Å²) < 4.78 is 0. The normalized spacial score (nSPS) is 15.6. The average Bonchev–Trinajstić information content (AvgIpc) is 3.13. The molecule has 1 aliphatic carbocycles. The number of fused-ring (bicyclic) bond motifs is 2. The average molecular weight is 325 g/mol. The maximum absolute atomic E-state index is 4.41. The highest BCUT2D eigenvalue weighted by Gasteiger charge is 2.35. The third-order valence-corrected chi connectivity index (χ3v) is 5.52. The number of aromatic nitrogens is 1. The Kier molecular flexibility index (Phi) is 3.73. The Balaban J connectivity index is 1.73. The molecule has 1 unspecified atom stereocenters. The molecule has 2 aromatic carbocycles. The summed E-state index contributed by atoms with van der Waals surface area (Å²) in [4.78, 5) is 3.39. The van der Waals surface area contributed by atoms with Crippen molar-refractivity contribution in [1.82, 2.24) is 4.98 Å². The predicted octanol–water partition coefficient (Wildman–Crippen LogP) is 6.26. The number of para-hydroxylation sites is 1. The molecular weight excluding hydrogens is 302 g/mol. The lowest BCUT2D eigenvalue weighted by atomic mass is 9.77. The van der Waals surface area contributed by atoms with Crippen LogP contribution in [0.4, 0.5) is 0 Å². The van der Waals surface area contributed by atoms with Gasteiger partial charge in [0, 0.05) is 23.0 Å². The molecule has 124 valence electrons. The SMILES string of the molecule is C=C(C)C(Cc1c[nH]c2ccccc12)C1C(=C)c2ccccc2C1=C. The molecule has 0 saturated heterocycles. The molecule has 4 rings (SSSR count). The summed E-state index contributed by atoms with van der Waals surface area (Å²) in [6, 6.07) is 16.9. The van der Waals surface area contributed by atoms with Crippen LogP contribution in [-0.2, 0) is 6.42 Å². The predicted molar refractivity (Wildman–Crippen MR) is 108 cm³/mol. The van der Waals surface area contributed by atoms with Gasteiger partial charge in [0.25, 0.3) is 0 Å². The molecule has 0 amide bonds. The van der Waals surface area contributed by atoms with Crippen molar-refractivity contribution in [2.24, 2.45) is 11.8 Å². The fraction of sp³-hybridized carbons (Fsp3) is 0.167. The maximum Gasteiger partial charge on any atom is 0.0456 e. The summed E-state index contributed by atoms with van der Waals surface area (Å²) in [6.45, 7) is 15.3. The lowest BCUT2D eigenvalue weighted by Crippen LogP contribution is -2.17. The smallest absolute Gasteiger partial charge is 0.0456 e. The van der Waals surface area contributed by atoms with Gasteiger partial charge in [0.1, 0.15) is 0 Å². The number of benzene rings is 2. The van der Waals surface area contributed by atoms with Crippen molar-refractivity contribution in [2.75, 3.05) is 0 Å². The number of nitrogens with one attached hydrogen (secondary N) is 1. The van der Waals surface area contributed by atoms with Crippen molar-refractivity contribution in [3.63, 3.8) is 0 Å². The summed E-state index contributed by atoms with van der Waals surface area (Å²) in [6.07, 6.45) is 3.07. The van der Waals surface area contributed by atoms with Crippen molar-refractivity contribution in [3.8, 4) is 0 Å². The molecule has 0 radical (unpaired) electrons. The number of aromatic amines is 1. The molecule has 0 aliphatic heterocycles. The highest BCUT2D eigenvalue weighted by atomic mass is 14.7. The fourth-order valence-electron chi connectivity index (χ4n) is 4.19. The van der Waals surface area contributed by atoms with Gasteiger partial charge < -0.3 is 4.98 Å². The number of hydrogen-bond donors (Lipinski definition) is 1. The Morgan fingerprint density at radius 1 is 1.00 bits per heavy atom. The molecule has 0 spiro atoms. The molecule has 1 nitrogen and oxygen atoms in total. The first-order chi connectivity index (χ1) is 12.1. The summed E-state index contributed by atoms with van der Waals surface area (Å²) in [5, 5.41) is 1.29. The monoisotopic (exact) mass is 325 g/mol. The Morgan fingerprint density at radius 3 is 2.24 bits per heavy atom. The number of H-pyrrole nitrogens is 1. The van der Waals surface area contributed by atoms with Gasteiger partial charge in [-0.25, -0.2) is 0 Å². The van der Waals surface area contributed by atoms with E-state index in [1.165, 1.54) is 44.3 Å². The lowest BCUT2D eigenvalue weighted by molar-refractivity contribution is 0.556. The Morgan fingerprint density at radius 2 is 1.60 bits per heavy atom. The minimum absolute atomic E-state index is 0.226. The van der Waals surface area contributed by atoms with Crippen molar-refractivity contribution < 1.29 is 0 Å². The largest absolute Gasteiger partial charge is 0.361 e. The van der Waals surface area contributed by atoms with E-state index in [-0.39, 0.29) is 5.92 Å². The Bertz CT molecular complexity index is 967. The standard InChI is InChI=1S/C24H23N/c1-15(2)22(13-18-14-25-23-12-8-7-11-21(18)23)24-16(3)19-9-5-6-10-20(19)17(24)4/h5-12,14,22,24-25H,1,3-4,13H2,2H3. The van der Waals surface area contributed by atoms with Crippen LogP contribution >= 0.6 is 0 Å². The van der Waals surface area contributed by atoms with E-state index >= 15 is 0 Å². The lowest BCUT2D eigenvalue weighted by Gasteiger charge is -2.26. The first kappa shape index (κ1) is 15.7. The van der Waals surface area contributed by atoms with Crippen LogP contribution in [0.25, 0.3) is 22.0 Å². The molecule has 1 N–H and O–H groups in total. The van der Waals surface area contributed by atoms with Crippen LogP contribution in [-0.4, -0.2) is 4.98 Å². The summed E-state index contributed by atoms with van der Waals surface area (Å²) in [5.41, 5.74) is 8.53. The van der Waals surface area contributed by atoms with Gasteiger partial charge in [-0.1, -0.05) is 67.8 Å². The highest BCUT2D eigenvalue weighted by Crippen LogP contribution is 2.49. The van der Waals surface area contributed by atoms with Gasteiger partial charge in [0.05, 0.1) is 0 Å². The highest BCUT2D eigenvalue weighted by molar-refractivity contribution is 5.94. The molecule has 1 heteroatoms. The molecule has 0 saturated carbocycles. The molecule has 25 heavy (non-hydrogen) atoms. The summed E-state index contributed by atoms with van der Waals surface area (Å²) in [5.74, 6) is 0.523. The second-order valence-electron chi connectivity index (χ2n) is 7.09. The van der Waals surface area contributed by atoms with Gasteiger partial charge in [0.15, 0.2) is 0 Å². The third kappa shape index (κ3) is 2.47. The summed E-state index contributed by atoms with van der Waals surface area (Å²) in [7, 11) is 0. The zero-order valence-electron chi connectivity index (χ0n) is 14.7. The zero-order valence-corrected chi connectivity index (χ0v) is 14.7. The molecule has 0 bridgehead atoms. The van der Waals surface area contributed by atoms with Crippen LogP contribution in [0.15, 0.2) is 80.0 Å². The van der Waals surface area contributed by atoms with Crippen molar-refractivity contribution >= 4 is 22.0 Å². The number of allylic oxidation sites excluding steroid dienone is 3. The summed E-state index contributed by atoms with van der Waals surface area (Å²) >= 11 is 0. The fourth-order valence-corrected chi connectivity index (χ4v) is 4.19. The van der Waals surface area contributed by atoms with E-state index in [1.807, 2.05) is 0 Å². The van der Waals surface area contributed by atoms with E-state index in [1.54, 1.807) is 0 Å². The van der Waals surface area contributed by atoms with Crippen LogP contribution in [0, 0.1) is 11.8 Å². The first-order valence-corrected chi connectivity index (χ1v) is 8.75. The Hall–Kier alpha value is -2.80. The second kappa shape index (κ2) is 5.93. The van der Waals surface area contributed by atoms with E-state index in [2.05, 4.69) is 86.4 Å². The molecular formula is C24H23N. The van der Waals surface area contributed by atoms with Crippen LogP contribution in [0.3, 0.4) is 0 Å². The topological polar surface area (TPSA) is 15.8 Å². The van der Waals surface area contributed by atoms with Gasteiger partial charge in [-0.2, -0.15) is 0 Å². The maximum atomic E-state index is 4.41. The molecule has 1 heterocycles. The molecule has 0 fully saturated rings. The zero-order chi connectivity index (χ0) is 17.6. The van der Waals surface area contributed by atoms with Gasteiger partial charge >= 0.3 is 0 Å². The van der Waals surface area contributed by atoms with E-state index in [0.29, 0.717) is 5.92 Å². The van der Waals surface area contributed by atoms with Crippen LogP contribution in [0.1, 0.15) is 23.6 Å². The molecule has 1 aromatic heterocycles. The van der Waals surface area contributed by atoms with E-state index < -0.39 is 0 Å². The minimum Gasteiger partial charge on any atom is -0.361 e. The van der Waals surface area contributed by atoms with Crippen LogP contribution in [0.5, 0.6) is 0 Å². The Labute approximate surface area is 149 Å². The third-order valence-electron chi connectivity index (χ3n) is 5.52. The van der Waals surface area contributed by atoms with Gasteiger partial charge in [0.2, 0.25) is 0 Å². The number of hydrogen-bond acceptors (Lipinski definition) is 0. The van der Waals surface area contributed by atoms with E-state index in [4.69, 9.17) is 0 Å². The van der Waals surface area contributed by atoms with Crippen molar-refractivity contribution in [3.05, 3.63) is 96.7 Å². The van der Waals surface area contributed by atoms with E-state index in [9.17, 15) is 0 Å². The van der Waals surface area contributed by atoms with Crippen LogP contribution in [0.2, 0.25) is 0 Å². The second-order valence-corrected chi connectivity index (χ2v) is 7.09. The van der Waals surface area contributed by atoms with Crippen molar-refractivity contribution in [1.29, 1.82) is 0 Å². The first-order valence-electron chi connectivity index (χ1n) is 8.75. The van der Waals surface area contributed by atoms with Crippen molar-refractivity contribution in [2.45, 2.75) is 13.3 Å². The molecule has 1 atom stereocenters. The molecule has 3 aromatic rings. The van der Waals surface area contributed by atoms with Gasteiger partial charge in [-0.15, -0.1) is 0 Å². The minimum atomic E-state index is 0.226. The molecule has 1 aliphatic rings. The van der Waals surface area contributed by atoms with Crippen LogP contribution < -0.4 is 0 Å². The number of rotatable bonds is 4. The van der Waals surface area contributed by atoms with E-state index in [0.717, 1.165) is 6.42 Å². The van der Waals surface area contributed by atoms with Gasteiger partial charge in [-0.05, 0) is 53.2 Å². The van der Waals surface area contributed by atoms with Gasteiger partial charge in [-0.3, -0.25) is 0 Å².